The molecule has 2 N–H and O–H groups in total. The number of nitrogens with one attached hydrogen (secondary N) is 2. The smallest absolute Gasteiger partial charge is 0.291 e. The zero-order chi connectivity index (χ0) is 23.0. The number of carbonyl (C=O) groups excluding carboxylic acids is 2. The second kappa shape index (κ2) is 10.2. The van der Waals surface area contributed by atoms with E-state index in [-0.39, 0.29) is 17.6 Å². The van der Waals surface area contributed by atoms with E-state index in [4.69, 9.17) is 9.15 Å². The van der Waals surface area contributed by atoms with Gasteiger partial charge in [-0.2, -0.15) is 0 Å². The first-order valence-corrected chi connectivity index (χ1v) is 10.3. The predicted octanol–water partition coefficient (Wildman–Crippen LogP) is 5.72. The minimum absolute atomic E-state index is 0.204. The fourth-order valence-electron chi connectivity index (χ4n) is 3.31. The Kier molecular flexibility index (Phi) is 6.66. The van der Waals surface area contributed by atoms with Gasteiger partial charge >= 0.3 is 0 Å². The Labute approximate surface area is 191 Å². The zero-order valence-corrected chi connectivity index (χ0v) is 17.9. The van der Waals surface area contributed by atoms with Crippen molar-refractivity contribution in [1.82, 2.24) is 0 Å². The molecule has 0 atom stereocenters. The van der Waals surface area contributed by atoms with E-state index in [9.17, 15) is 9.59 Å². The summed E-state index contributed by atoms with van der Waals surface area (Å²) < 4.78 is 10.6. The van der Waals surface area contributed by atoms with E-state index in [2.05, 4.69) is 10.6 Å². The number of hydrogen-bond donors (Lipinski definition) is 2. The third kappa shape index (κ3) is 5.37. The molecule has 0 unspecified atom stereocenters. The van der Waals surface area contributed by atoms with Crippen LogP contribution in [-0.4, -0.2) is 18.9 Å². The topological polar surface area (TPSA) is 80.6 Å². The summed E-state index contributed by atoms with van der Waals surface area (Å²) in [5.74, 6) is 0.211. The van der Waals surface area contributed by atoms with Crippen LogP contribution in [0.3, 0.4) is 0 Å². The van der Waals surface area contributed by atoms with Crippen LogP contribution in [0.2, 0.25) is 0 Å². The minimum atomic E-state index is -0.371. The van der Waals surface area contributed by atoms with E-state index in [1.54, 1.807) is 49.6 Å². The van der Waals surface area contributed by atoms with Crippen LogP contribution in [0.4, 0.5) is 11.4 Å². The van der Waals surface area contributed by atoms with Gasteiger partial charge in [-0.25, -0.2) is 0 Å². The number of methoxy groups -OCH3 is 1. The van der Waals surface area contributed by atoms with Gasteiger partial charge in [-0.1, -0.05) is 54.6 Å². The molecule has 4 aromatic rings. The van der Waals surface area contributed by atoms with Gasteiger partial charge in [-0.15, -0.1) is 0 Å². The molecule has 0 aliphatic carbocycles. The number of carbonyl (C=O) groups is 2. The van der Waals surface area contributed by atoms with Crippen molar-refractivity contribution in [3.8, 4) is 5.75 Å². The SMILES string of the molecule is COc1ccccc1C=C(C(=O)Nc1cccc(NC(=O)c2ccco2)c1)c1ccccc1. The largest absolute Gasteiger partial charge is 0.496 e. The summed E-state index contributed by atoms with van der Waals surface area (Å²) in [5.41, 5.74) is 3.10. The second-order valence-electron chi connectivity index (χ2n) is 7.13. The first kappa shape index (κ1) is 21.6. The van der Waals surface area contributed by atoms with E-state index in [1.165, 1.54) is 6.26 Å². The van der Waals surface area contributed by atoms with Gasteiger partial charge < -0.3 is 19.8 Å². The van der Waals surface area contributed by atoms with E-state index >= 15 is 0 Å². The molecule has 0 saturated heterocycles. The summed E-state index contributed by atoms with van der Waals surface area (Å²) in [4.78, 5) is 25.6. The average molecular weight is 438 g/mol. The van der Waals surface area contributed by atoms with Crippen LogP contribution in [0.15, 0.2) is 102 Å². The Morgan fingerprint density at radius 1 is 0.818 bits per heavy atom. The van der Waals surface area contributed by atoms with E-state index in [0.717, 1.165) is 11.1 Å². The minimum Gasteiger partial charge on any atom is -0.496 e. The molecular weight excluding hydrogens is 416 g/mol. The summed E-state index contributed by atoms with van der Waals surface area (Å²) in [6, 6.07) is 27.1. The van der Waals surface area contributed by atoms with Crippen molar-refractivity contribution in [3.63, 3.8) is 0 Å². The van der Waals surface area contributed by atoms with Gasteiger partial charge in [0.05, 0.1) is 13.4 Å². The average Bonchev–Trinajstić information content (AvgIpc) is 3.39. The zero-order valence-electron chi connectivity index (χ0n) is 17.9. The van der Waals surface area contributed by atoms with Crippen molar-refractivity contribution in [2.24, 2.45) is 0 Å². The number of benzene rings is 3. The summed E-state index contributed by atoms with van der Waals surface area (Å²) in [5, 5.41) is 5.68. The van der Waals surface area contributed by atoms with Crippen molar-refractivity contribution >= 4 is 34.8 Å². The van der Waals surface area contributed by atoms with Crippen LogP contribution in [0.1, 0.15) is 21.7 Å². The van der Waals surface area contributed by atoms with Crippen LogP contribution in [-0.2, 0) is 4.79 Å². The summed E-state index contributed by atoms with van der Waals surface area (Å²) in [6.07, 6.45) is 3.23. The molecule has 6 nitrogen and oxygen atoms in total. The van der Waals surface area contributed by atoms with Crippen molar-refractivity contribution in [1.29, 1.82) is 0 Å². The van der Waals surface area contributed by atoms with Crippen molar-refractivity contribution < 1.29 is 18.7 Å². The highest BCUT2D eigenvalue weighted by atomic mass is 16.5. The maximum Gasteiger partial charge on any atom is 0.291 e. The van der Waals surface area contributed by atoms with Gasteiger partial charge in [0.15, 0.2) is 5.76 Å². The summed E-state index contributed by atoms with van der Waals surface area (Å²) in [7, 11) is 1.59. The molecule has 164 valence electrons. The lowest BCUT2D eigenvalue weighted by atomic mass is 10.0. The number of hydrogen-bond acceptors (Lipinski definition) is 4. The molecule has 1 aromatic heterocycles. The normalized spacial score (nSPS) is 11.0. The van der Waals surface area contributed by atoms with Crippen LogP contribution in [0.5, 0.6) is 5.75 Å². The number of furan rings is 1. The van der Waals surface area contributed by atoms with Gasteiger partial charge in [0, 0.05) is 22.5 Å². The van der Waals surface area contributed by atoms with Crippen LogP contribution < -0.4 is 15.4 Å². The van der Waals surface area contributed by atoms with Gasteiger partial charge in [-0.3, -0.25) is 9.59 Å². The predicted molar refractivity (Wildman–Crippen MR) is 129 cm³/mol. The third-order valence-corrected chi connectivity index (χ3v) is 4.89. The lowest BCUT2D eigenvalue weighted by Crippen LogP contribution is -2.15. The maximum absolute atomic E-state index is 13.3. The molecular formula is C27H22N2O4. The molecule has 1 heterocycles. The highest BCUT2D eigenvalue weighted by molar-refractivity contribution is 6.29. The number of para-hydroxylation sites is 1. The Balaban J connectivity index is 1.60. The molecule has 0 fully saturated rings. The molecule has 0 spiro atoms. The molecule has 2 amide bonds. The van der Waals surface area contributed by atoms with Crippen molar-refractivity contribution in [2.75, 3.05) is 17.7 Å². The standard InChI is InChI=1S/C27H22N2O4/c1-32-24-14-6-5-11-20(24)17-23(19-9-3-2-4-10-19)26(30)28-21-12-7-13-22(18-21)29-27(31)25-15-8-16-33-25/h2-18H,1H3,(H,28,30)(H,29,31). The molecule has 0 radical (unpaired) electrons. The molecule has 6 heteroatoms. The molecule has 0 bridgehead atoms. The Bertz CT molecular complexity index is 1280. The van der Waals surface area contributed by atoms with Crippen LogP contribution >= 0.6 is 0 Å². The fourth-order valence-corrected chi connectivity index (χ4v) is 3.31. The molecule has 4 rings (SSSR count). The number of ether oxygens (including phenoxy) is 1. The first-order valence-electron chi connectivity index (χ1n) is 10.3. The monoisotopic (exact) mass is 438 g/mol. The highest BCUT2D eigenvalue weighted by Crippen LogP contribution is 2.26. The lowest BCUT2D eigenvalue weighted by Gasteiger charge is -2.12. The Morgan fingerprint density at radius 2 is 1.55 bits per heavy atom. The summed E-state index contributed by atoms with van der Waals surface area (Å²) >= 11 is 0. The molecule has 3 aromatic carbocycles. The molecule has 0 aliphatic heterocycles. The van der Waals surface area contributed by atoms with Gasteiger partial charge in [-0.05, 0) is 48.0 Å². The quantitative estimate of drug-likeness (QED) is 0.286. The number of anilines is 2. The van der Waals surface area contributed by atoms with Gasteiger partial charge in [0.25, 0.3) is 11.8 Å². The Hall–Kier alpha value is -4.58. The highest BCUT2D eigenvalue weighted by Gasteiger charge is 2.15. The van der Waals surface area contributed by atoms with E-state index in [0.29, 0.717) is 22.7 Å². The molecule has 0 saturated carbocycles. The molecule has 33 heavy (non-hydrogen) atoms. The van der Waals surface area contributed by atoms with Gasteiger partial charge in [0.1, 0.15) is 5.75 Å². The van der Waals surface area contributed by atoms with Crippen molar-refractivity contribution in [3.05, 3.63) is 114 Å². The second-order valence-corrected chi connectivity index (χ2v) is 7.13. The maximum atomic E-state index is 13.3. The number of rotatable bonds is 7. The first-order chi connectivity index (χ1) is 16.1. The molecule has 0 aliphatic rings. The van der Waals surface area contributed by atoms with E-state index < -0.39 is 0 Å². The van der Waals surface area contributed by atoms with E-state index in [1.807, 2.05) is 54.6 Å². The number of amides is 2. The fraction of sp³-hybridized carbons (Fsp3) is 0.0370. The van der Waals surface area contributed by atoms with Crippen LogP contribution in [0.25, 0.3) is 11.6 Å². The van der Waals surface area contributed by atoms with Crippen LogP contribution in [0, 0.1) is 0 Å². The van der Waals surface area contributed by atoms with Crippen molar-refractivity contribution in [2.45, 2.75) is 0 Å². The van der Waals surface area contributed by atoms with Gasteiger partial charge in [0.2, 0.25) is 0 Å². The third-order valence-electron chi connectivity index (χ3n) is 4.89. The lowest BCUT2D eigenvalue weighted by molar-refractivity contribution is -0.111. The Morgan fingerprint density at radius 3 is 2.27 bits per heavy atom. The summed E-state index contributed by atoms with van der Waals surface area (Å²) in [6.45, 7) is 0.